The summed E-state index contributed by atoms with van der Waals surface area (Å²) in [5.41, 5.74) is 0.346. The molecule has 0 aromatic heterocycles. The monoisotopic (exact) mass is 323 g/mol. The quantitative estimate of drug-likeness (QED) is 0.708. The topological polar surface area (TPSA) is 100 Å². The summed E-state index contributed by atoms with van der Waals surface area (Å²) in [6.07, 6.45) is 0. The number of hydrogen-bond donors (Lipinski definition) is 3. The Morgan fingerprint density at radius 2 is 2.32 bits per heavy atom. The molecule has 118 valence electrons. The maximum Gasteiger partial charge on any atom is 0.252 e. The van der Waals surface area contributed by atoms with Crippen LogP contribution in [0.2, 0.25) is 0 Å². The van der Waals surface area contributed by atoms with E-state index < -0.39 is 24.5 Å². The van der Waals surface area contributed by atoms with Crippen molar-refractivity contribution < 1.29 is 19.4 Å². The van der Waals surface area contributed by atoms with Gasteiger partial charge in [-0.15, -0.1) is 0 Å². The molecule has 3 N–H and O–H groups in total. The third-order valence-electron chi connectivity index (χ3n) is 2.95. The molecular weight excluding hydrogens is 306 g/mol. The predicted molar refractivity (Wildman–Crippen MR) is 84.2 cm³/mol. The van der Waals surface area contributed by atoms with Crippen molar-refractivity contribution in [1.29, 1.82) is 0 Å². The number of nitrogens with one attached hydrogen (secondary N) is 2. The van der Waals surface area contributed by atoms with Crippen molar-refractivity contribution >= 4 is 28.7 Å². The Kier molecular flexibility index (Phi) is 5.79. The number of aliphatic imine (C=N–C) groups is 1. The van der Waals surface area contributed by atoms with Crippen molar-refractivity contribution in [3.8, 4) is 5.75 Å². The number of amidine groups is 1. The molecule has 1 aromatic rings. The molecule has 0 radical (unpaired) electrons. The molecule has 0 spiro atoms. The molecule has 1 unspecified atom stereocenters. The summed E-state index contributed by atoms with van der Waals surface area (Å²) in [5, 5.41) is 14.9. The third kappa shape index (κ3) is 4.22. The van der Waals surface area contributed by atoms with E-state index in [-0.39, 0.29) is 0 Å². The average molecular weight is 323 g/mol. The Morgan fingerprint density at radius 3 is 2.95 bits per heavy atom. The van der Waals surface area contributed by atoms with E-state index >= 15 is 0 Å². The van der Waals surface area contributed by atoms with Crippen molar-refractivity contribution in [2.75, 3.05) is 26.0 Å². The summed E-state index contributed by atoms with van der Waals surface area (Å²) < 4.78 is 5.05. The maximum atomic E-state index is 12.1. The molecule has 7 nitrogen and oxygen atoms in total. The van der Waals surface area contributed by atoms with Crippen molar-refractivity contribution in [2.24, 2.45) is 4.99 Å². The zero-order valence-electron chi connectivity index (χ0n) is 12.0. The van der Waals surface area contributed by atoms with Gasteiger partial charge in [-0.25, -0.2) is 0 Å². The van der Waals surface area contributed by atoms with Gasteiger partial charge in [0.05, 0.1) is 20.3 Å². The molecule has 8 heteroatoms. The lowest BCUT2D eigenvalue weighted by atomic mass is 10.2. The van der Waals surface area contributed by atoms with E-state index in [4.69, 9.17) is 4.74 Å². The fourth-order valence-corrected chi connectivity index (χ4v) is 2.53. The Bertz CT molecular complexity index is 591. The highest BCUT2D eigenvalue weighted by Gasteiger charge is 2.22. The van der Waals surface area contributed by atoms with Crippen LogP contribution in [0, 0.1) is 0 Å². The summed E-state index contributed by atoms with van der Waals surface area (Å²) in [5.74, 6) is 0.394. The van der Waals surface area contributed by atoms with Gasteiger partial charge >= 0.3 is 0 Å². The van der Waals surface area contributed by atoms with Crippen molar-refractivity contribution in [1.82, 2.24) is 10.6 Å². The molecule has 0 aliphatic carbocycles. The minimum Gasteiger partial charge on any atom is -0.497 e. The van der Waals surface area contributed by atoms with Gasteiger partial charge in [-0.2, -0.15) is 0 Å². The lowest BCUT2D eigenvalue weighted by molar-refractivity contribution is -0.122. The summed E-state index contributed by atoms with van der Waals surface area (Å²) in [6, 6.07) is 5.50. The highest BCUT2D eigenvalue weighted by atomic mass is 32.2. The number of nitrogens with zero attached hydrogens (tertiary/aromatic N) is 1. The van der Waals surface area contributed by atoms with Crippen molar-refractivity contribution in [3.63, 3.8) is 0 Å². The lowest BCUT2D eigenvalue weighted by Gasteiger charge is -2.16. The van der Waals surface area contributed by atoms with Gasteiger partial charge in [0.2, 0.25) is 0 Å². The van der Waals surface area contributed by atoms with Gasteiger partial charge in [-0.3, -0.25) is 14.6 Å². The molecule has 0 saturated heterocycles. The normalized spacial score (nSPS) is 14.9. The van der Waals surface area contributed by atoms with Crippen LogP contribution < -0.4 is 15.4 Å². The fraction of sp³-hybridized carbons (Fsp3) is 0.357. The first-order valence-corrected chi connectivity index (χ1v) is 7.66. The first-order valence-electron chi connectivity index (χ1n) is 6.68. The van der Waals surface area contributed by atoms with Gasteiger partial charge in [-0.05, 0) is 18.2 Å². The zero-order chi connectivity index (χ0) is 15.9. The third-order valence-corrected chi connectivity index (χ3v) is 3.84. The summed E-state index contributed by atoms with van der Waals surface area (Å²) >= 11 is 1.43. The number of thioether (sulfide) groups is 1. The number of benzene rings is 1. The Hall–Kier alpha value is -2.06. The number of carbonyl (C=O) groups excluding carboxylic acids is 2. The van der Waals surface area contributed by atoms with Crippen LogP contribution in [-0.2, 0) is 4.79 Å². The summed E-state index contributed by atoms with van der Waals surface area (Å²) in [6.45, 7) is 0.153. The van der Waals surface area contributed by atoms with Crippen LogP contribution in [0.4, 0.5) is 0 Å². The number of amides is 2. The lowest BCUT2D eigenvalue weighted by Crippen LogP contribution is -2.49. The Balaban J connectivity index is 1.99. The minimum atomic E-state index is -1.04. The number of hydrogen-bond acceptors (Lipinski definition) is 6. The highest BCUT2D eigenvalue weighted by Crippen LogP contribution is 2.12. The standard InChI is InChI=1S/C14H17N3O4S/c1-21-10-4-2-3-9(7-10)12(19)16-11(8-18)13(20)17-14-15-5-6-22-14/h2-4,7,11,18H,5-6,8H2,1H3,(H,16,19)(H,15,17,20). The summed E-state index contributed by atoms with van der Waals surface area (Å²) in [4.78, 5) is 28.2. The van der Waals surface area contributed by atoms with Crippen molar-refractivity contribution in [2.45, 2.75) is 6.04 Å². The Morgan fingerprint density at radius 1 is 1.50 bits per heavy atom. The number of ether oxygens (including phenoxy) is 1. The molecule has 0 saturated carbocycles. The van der Waals surface area contributed by atoms with Gasteiger partial charge < -0.3 is 20.5 Å². The molecule has 2 rings (SSSR count). The molecule has 22 heavy (non-hydrogen) atoms. The van der Waals surface area contributed by atoms with E-state index in [0.717, 1.165) is 5.75 Å². The van der Waals surface area contributed by atoms with Gasteiger partial charge in [0.15, 0.2) is 5.17 Å². The molecule has 1 atom stereocenters. The summed E-state index contributed by atoms with van der Waals surface area (Å²) in [7, 11) is 1.50. The first kappa shape index (κ1) is 16.3. The van der Waals surface area contributed by atoms with Gasteiger partial charge in [0.25, 0.3) is 11.8 Å². The number of rotatable bonds is 5. The molecule has 2 amide bonds. The molecule has 1 aliphatic rings. The fourth-order valence-electron chi connectivity index (χ4n) is 1.80. The van der Waals surface area contributed by atoms with Crippen LogP contribution in [0.1, 0.15) is 10.4 Å². The zero-order valence-corrected chi connectivity index (χ0v) is 12.9. The second-order valence-electron chi connectivity index (χ2n) is 4.47. The van der Waals surface area contributed by atoms with E-state index in [2.05, 4.69) is 15.6 Å². The largest absolute Gasteiger partial charge is 0.497 e. The van der Waals surface area contributed by atoms with Crippen LogP contribution >= 0.6 is 11.8 Å². The minimum absolute atomic E-state index is 0.346. The molecular formula is C14H17N3O4S. The van der Waals surface area contributed by atoms with E-state index in [1.54, 1.807) is 24.3 Å². The molecule has 1 aromatic carbocycles. The first-order chi connectivity index (χ1) is 10.6. The highest BCUT2D eigenvalue weighted by molar-refractivity contribution is 8.14. The number of carbonyl (C=O) groups is 2. The van der Waals surface area contributed by atoms with Crippen LogP contribution in [-0.4, -0.2) is 54.1 Å². The number of aliphatic hydroxyl groups is 1. The molecule has 0 bridgehead atoms. The van der Waals surface area contributed by atoms with Crippen molar-refractivity contribution in [3.05, 3.63) is 29.8 Å². The molecule has 1 heterocycles. The maximum absolute atomic E-state index is 12.1. The van der Waals surface area contributed by atoms with E-state index in [1.165, 1.54) is 18.9 Å². The van der Waals surface area contributed by atoms with Crippen LogP contribution in [0.15, 0.2) is 29.3 Å². The van der Waals surface area contributed by atoms with Gasteiger partial charge in [0, 0.05) is 11.3 Å². The van der Waals surface area contributed by atoms with Gasteiger partial charge in [-0.1, -0.05) is 17.8 Å². The van der Waals surface area contributed by atoms with Crippen LogP contribution in [0.5, 0.6) is 5.75 Å². The molecule has 1 aliphatic heterocycles. The molecule has 0 fully saturated rings. The van der Waals surface area contributed by atoms with E-state index in [9.17, 15) is 14.7 Å². The van der Waals surface area contributed by atoms with Gasteiger partial charge in [0.1, 0.15) is 11.8 Å². The van der Waals surface area contributed by atoms with E-state index in [1.807, 2.05) is 0 Å². The smallest absolute Gasteiger partial charge is 0.252 e. The van der Waals surface area contributed by atoms with Crippen LogP contribution in [0.3, 0.4) is 0 Å². The number of aliphatic hydroxyl groups excluding tert-OH is 1. The predicted octanol–water partition coefficient (Wildman–Crippen LogP) is 0.00490. The Labute approximate surface area is 132 Å². The number of methoxy groups -OCH3 is 1. The SMILES string of the molecule is COc1cccc(C(=O)NC(CO)C(=O)NC2=NCCS2)c1. The van der Waals surface area contributed by atoms with E-state index in [0.29, 0.717) is 23.0 Å². The van der Waals surface area contributed by atoms with Crippen LogP contribution in [0.25, 0.3) is 0 Å². The second-order valence-corrected chi connectivity index (χ2v) is 5.55. The average Bonchev–Trinajstić information content (AvgIpc) is 3.05. The second kappa shape index (κ2) is 7.81.